The van der Waals surface area contributed by atoms with Crippen molar-refractivity contribution in [1.82, 2.24) is 9.80 Å². The summed E-state index contributed by atoms with van der Waals surface area (Å²) in [5.41, 5.74) is 8.22. The Labute approximate surface area is 165 Å². The van der Waals surface area contributed by atoms with Gasteiger partial charge in [-0.2, -0.15) is 0 Å². The minimum Gasteiger partial charge on any atom is -0.326 e. The van der Waals surface area contributed by atoms with Crippen LogP contribution in [0.5, 0.6) is 0 Å². The fraction of sp³-hybridized carbons (Fsp3) is 0.739. The maximum Gasteiger partial charge on any atom is 0.0230 e. The Morgan fingerprint density at radius 2 is 1.19 bits per heavy atom. The number of nitrogens with two attached hydrogens (primary N) is 1. The van der Waals surface area contributed by atoms with Crippen LogP contribution in [-0.4, -0.2) is 43.0 Å². The Kier molecular flexibility index (Phi) is 21.4. The molecule has 0 saturated heterocycles. The summed E-state index contributed by atoms with van der Waals surface area (Å²) in [5.74, 6) is 0. The number of hydrogen-bond acceptors (Lipinski definition) is 3. The molecule has 154 valence electrons. The van der Waals surface area contributed by atoms with E-state index in [0.717, 1.165) is 6.54 Å². The van der Waals surface area contributed by atoms with Crippen LogP contribution in [0.2, 0.25) is 0 Å². The van der Waals surface area contributed by atoms with Crippen LogP contribution in [0, 0.1) is 0 Å². The second-order valence-corrected chi connectivity index (χ2v) is 6.31. The van der Waals surface area contributed by atoms with Crippen molar-refractivity contribution in [3.8, 4) is 0 Å². The molecule has 0 atom stereocenters. The maximum absolute atomic E-state index is 5.64. The fourth-order valence-corrected chi connectivity index (χ4v) is 2.86. The first-order chi connectivity index (χ1) is 12.7. The van der Waals surface area contributed by atoms with Gasteiger partial charge in [-0.15, -0.1) is 0 Å². The molecule has 0 heterocycles. The molecule has 1 aromatic rings. The first kappa shape index (κ1) is 27.3. The number of benzene rings is 1. The van der Waals surface area contributed by atoms with Crippen molar-refractivity contribution in [3.05, 3.63) is 35.4 Å². The summed E-state index contributed by atoms with van der Waals surface area (Å²) < 4.78 is 0. The van der Waals surface area contributed by atoms with E-state index in [1.807, 2.05) is 27.7 Å². The third-order valence-electron chi connectivity index (χ3n) is 4.06. The van der Waals surface area contributed by atoms with Gasteiger partial charge in [0.1, 0.15) is 0 Å². The lowest BCUT2D eigenvalue weighted by Gasteiger charge is -2.22. The van der Waals surface area contributed by atoms with Crippen LogP contribution < -0.4 is 5.73 Å². The van der Waals surface area contributed by atoms with Gasteiger partial charge in [-0.05, 0) is 70.0 Å². The monoisotopic (exact) mass is 365 g/mol. The Morgan fingerprint density at radius 1 is 0.731 bits per heavy atom. The van der Waals surface area contributed by atoms with Gasteiger partial charge in [0.2, 0.25) is 0 Å². The molecule has 3 heteroatoms. The highest BCUT2D eigenvalue weighted by Crippen LogP contribution is 2.07. The highest BCUT2D eigenvalue weighted by Gasteiger charge is 2.04. The van der Waals surface area contributed by atoms with Crippen molar-refractivity contribution in [1.29, 1.82) is 0 Å². The van der Waals surface area contributed by atoms with Crippen molar-refractivity contribution in [3.63, 3.8) is 0 Å². The van der Waals surface area contributed by atoms with Crippen LogP contribution in [0.4, 0.5) is 0 Å². The van der Waals surface area contributed by atoms with Crippen molar-refractivity contribution >= 4 is 0 Å². The molecule has 0 aliphatic heterocycles. The summed E-state index contributed by atoms with van der Waals surface area (Å²) in [6.07, 6.45) is 5.11. The zero-order valence-corrected chi connectivity index (χ0v) is 18.9. The quantitative estimate of drug-likeness (QED) is 0.494. The second kappa shape index (κ2) is 20.4. The second-order valence-electron chi connectivity index (χ2n) is 6.31. The molecule has 3 nitrogen and oxygen atoms in total. The van der Waals surface area contributed by atoms with E-state index in [4.69, 9.17) is 5.73 Å². The normalized spacial score (nSPS) is 10.2. The van der Waals surface area contributed by atoms with Crippen LogP contribution in [0.15, 0.2) is 24.3 Å². The molecule has 2 N–H and O–H groups in total. The number of rotatable bonds is 12. The van der Waals surface area contributed by atoms with Crippen LogP contribution in [0.3, 0.4) is 0 Å². The lowest BCUT2D eigenvalue weighted by Crippen LogP contribution is -2.27. The smallest absolute Gasteiger partial charge is 0.0230 e. The molecule has 0 unspecified atom stereocenters. The van der Waals surface area contributed by atoms with E-state index >= 15 is 0 Å². The lowest BCUT2D eigenvalue weighted by molar-refractivity contribution is 0.255. The van der Waals surface area contributed by atoms with Crippen molar-refractivity contribution in [2.24, 2.45) is 5.73 Å². The minimum absolute atomic E-state index is 0.627. The summed E-state index contributed by atoms with van der Waals surface area (Å²) in [7, 11) is 2.21. The van der Waals surface area contributed by atoms with Gasteiger partial charge in [0.05, 0.1) is 0 Å². The van der Waals surface area contributed by atoms with Gasteiger partial charge in [0, 0.05) is 13.1 Å². The van der Waals surface area contributed by atoms with E-state index in [0.29, 0.717) is 6.54 Å². The van der Waals surface area contributed by atoms with Crippen LogP contribution in [-0.2, 0) is 13.1 Å². The van der Waals surface area contributed by atoms with E-state index in [2.05, 4.69) is 55.0 Å². The lowest BCUT2D eigenvalue weighted by atomic mass is 10.1. The van der Waals surface area contributed by atoms with Gasteiger partial charge in [-0.3, -0.25) is 0 Å². The molecule has 0 saturated carbocycles. The predicted molar refractivity (Wildman–Crippen MR) is 120 cm³/mol. The van der Waals surface area contributed by atoms with E-state index in [9.17, 15) is 0 Å². The van der Waals surface area contributed by atoms with Crippen molar-refractivity contribution in [2.45, 2.75) is 80.3 Å². The molecule has 0 amide bonds. The molecule has 0 spiro atoms. The molecule has 0 aliphatic rings. The molecule has 1 rings (SSSR count). The summed E-state index contributed by atoms with van der Waals surface area (Å²) >= 11 is 0. The Morgan fingerprint density at radius 3 is 1.65 bits per heavy atom. The molecular weight excluding hydrogens is 318 g/mol. The van der Waals surface area contributed by atoms with Crippen molar-refractivity contribution in [2.75, 3.05) is 33.2 Å². The van der Waals surface area contributed by atoms with Crippen LogP contribution in [0.1, 0.15) is 78.4 Å². The average Bonchev–Trinajstić information content (AvgIpc) is 2.69. The summed E-state index contributed by atoms with van der Waals surface area (Å²) in [5, 5.41) is 0. The van der Waals surface area contributed by atoms with Gasteiger partial charge < -0.3 is 15.5 Å². The van der Waals surface area contributed by atoms with Gasteiger partial charge in [0.25, 0.3) is 0 Å². The van der Waals surface area contributed by atoms with Crippen molar-refractivity contribution < 1.29 is 0 Å². The number of nitrogens with zero attached hydrogens (tertiary/aromatic N) is 2. The maximum atomic E-state index is 5.64. The molecule has 0 aromatic heterocycles. The molecule has 0 aliphatic carbocycles. The van der Waals surface area contributed by atoms with E-state index < -0.39 is 0 Å². The predicted octanol–water partition coefficient (Wildman–Crippen LogP) is 5.53. The van der Waals surface area contributed by atoms with E-state index in [1.165, 1.54) is 63.0 Å². The largest absolute Gasteiger partial charge is 0.326 e. The highest BCUT2D eigenvalue weighted by atomic mass is 15.1. The van der Waals surface area contributed by atoms with Gasteiger partial charge in [-0.25, -0.2) is 0 Å². The van der Waals surface area contributed by atoms with Gasteiger partial charge in [-0.1, -0.05) is 65.8 Å². The first-order valence-electron chi connectivity index (χ1n) is 10.9. The zero-order chi connectivity index (χ0) is 20.2. The number of unbranched alkanes of at least 4 members (excludes halogenated alkanes) is 1. The fourth-order valence-electron chi connectivity index (χ4n) is 2.86. The van der Waals surface area contributed by atoms with E-state index in [1.54, 1.807) is 0 Å². The third-order valence-corrected chi connectivity index (χ3v) is 4.06. The Bertz CT molecular complexity index is 370. The van der Waals surface area contributed by atoms with Crippen LogP contribution >= 0.6 is 0 Å². The minimum atomic E-state index is 0.627. The highest BCUT2D eigenvalue weighted by molar-refractivity contribution is 5.22. The van der Waals surface area contributed by atoms with Gasteiger partial charge >= 0.3 is 0 Å². The zero-order valence-electron chi connectivity index (χ0n) is 18.9. The molecule has 1 aromatic carbocycles. The molecule has 0 bridgehead atoms. The summed E-state index contributed by atoms with van der Waals surface area (Å²) in [6, 6.07) is 8.67. The number of hydrogen-bond donors (Lipinski definition) is 1. The molecular formula is C23H47N3. The SMILES string of the molecule is CC.CC.CCCN(CCC)CCCCN(C)Cc1ccc(CN)cc1. The summed E-state index contributed by atoms with van der Waals surface area (Å²) in [6.45, 7) is 19.1. The molecule has 0 radical (unpaired) electrons. The molecule has 26 heavy (non-hydrogen) atoms. The third kappa shape index (κ3) is 14.3. The topological polar surface area (TPSA) is 32.5 Å². The Balaban J connectivity index is 0. The standard InChI is InChI=1S/C19H35N3.2C2H6/c1-4-12-22(13-5-2)15-7-6-14-21(3)17-19-10-8-18(16-20)9-11-19;2*1-2/h8-11H,4-7,12-17,20H2,1-3H3;2*1-2H3. The van der Waals surface area contributed by atoms with E-state index in [-0.39, 0.29) is 0 Å². The average molecular weight is 366 g/mol. The van der Waals surface area contributed by atoms with Gasteiger partial charge in [0.15, 0.2) is 0 Å². The first-order valence-corrected chi connectivity index (χ1v) is 10.9. The van der Waals surface area contributed by atoms with Crippen LogP contribution in [0.25, 0.3) is 0 Å². The summed E-state index contributed by atoms with van der Waals surface area (Å²) in [4.78, 5) is 5.02. The molecule has 0 fully saturated rings. The Hall–Kier alpha value is -0.900.